The van der Waals surface area contributed by atoms with Crippen LogP contribution in [0.15, 0.2) is 58.1 Å². The Balaban J connectivity index is 2.16. The summed E-state index contributed by atoms with van der Waals surface area (Å²) in [7, 11) is 0. The molecule has 7 heteroatoms. The van der Waals surface area contributed by atoms with Gasteiger partial charge >= 0.3 is 0 Å². The Morgan fingerprint density at radius 2 is 1.76 bits per heavy atom. The van der Waals surface area contributed by atoms with Crippen molar-refractivity contribution in [3.63, 3.8) is 0 Å². The van der Waals surface area contributed by atoms with Gasteiger partial charge in [0.15, 0.2) is 6.29 Å². The maximum Gasteiger partial charge on any atom is 0.258 e. The first-order valence-corrected chi connectivity index (χ1v) is 8.69. The third-order valence-corrected chi connectivity index (χ3v) is 5.02. The van der Waals surface area contributed by atoms with Gasteiger partial charge in [0.25, 0.3) is 5.91 Å². The van der Waals surface area contributed by atoms with Gasteiger partial charge in [-0.25, -0.2) is 0 Å². The zero-order valence-electron chi connectivity index (χ0n) is 12.6. The van der Waals surface area contributed by atoms with E-state index in [2.05, 4.69) is 21.2 Å². The summed E-state index contributed by atoms with van der Waals surface area (Å²) in [4.78, 5) is 24.1. The first kappa shape index (κ1) is 17.7. The van der Waals surface area contributed by atoms with Gasteiger partial charge in [-0.15, -0.1) is 0 Å². The summed E-state index contributed by atoms with van der Waals surface area (Å²) in [6, 6.07) is 12.0. The fourth-order valence-electron chi connectivity index (χ4n) is 2.53. The number of carbonyl (C=O) groups is 2. The molecule has 0 saturated heterocycles. The second-order valence-electron chi connectivity index (χ2n) is 5.29. The highest BCUT2D eigenvalue weighted by atomic mass is 79.9. The van der Waals surface area contributed by atoms with Crippen LogP contribution in [0.3, 0.4) is 0 Å². The maximum atomic E-state index is 12.4. The summed E-state index contributed by atoms with van der Waals surface area (Å²) in [5.74, 6) is -0.441. The van der Waals surface area contributed by atoms with Crippen LogP contribution < -0.4 is 11.1 Å². The lowest BCUT2D eigenvalue weighted by Crippen LogP contribution is -2.18. The van der Waals surface area contributed by atoms with Crippen LogP contribution >= 0.6 is 39.1 Å². The van der Waals surface area contributed by atoms with Crippen molar-refractivity contribution in [3.05, 3.63) is 79.3 Å². The summed E-state index contributed by atoms with van der Waals surface area (Å²) in [6.45, 7) is 0. The van der Waals surface area contributed by atoms with Crippen LogP contribution in [0.1, 0.15) is 11.1 Å². The number of amides is 1. The predicted octanol–water partition coefficient (Wildman–Crippen LogP) is 4.17. The molecular formula is C18H11BrCl2N2O2. The third-order valence-electron chi connectivity index (χ3n) is 3.75. The highest BCUT2D eigenvalue weighted by Crippen LogP contribution is 2.32. The minimum atomic E-state index is -0.441. The molecule has 0 spiro atoms. The molecule has 0 radical (unpaired) electrons. The predicted molar refractivity (Wildman–Crippen MR) is 103 cm³/mol. The van der Waals surface area contributed by atoms with Crippen LogP contribution in [0.4, 0.5) is 0 Å². The van der Waals surface area contributed by atoms with E-state index in [1.807, 2.05) is 12.1 Å². The quantitative estimate of drug-likeness (QED) is 0.559. The largest absolute Gasteiger partial charge is 0.398 e. The number of nitrogens with two attached hydrogens (primary N) is 1. The Morgan fingerprint density at radius 1 is 1.08 bits per heavy atom. The molecule has 3 rings (SSSR count). The molecule has 0 atom stereocenters. The number of halogens is 3. The first-order valence-electron chi connectivity index (χ1n) is 7.14. The molecule has 2 aromatic rings. The van der Waals surface area contributed by atoms with Gasteiger partial charge < -0.3 is 11.1 Å². The molecule has 1 heterocycles. The van der Waals surface area contributed by atoms with E-state index in [-0.39, 0.29) is 16.8 Å². The number of hydrogen-bond donors (Lipinski definition) is 2. The Labute approximate surface area is 162 Å². The van der Waals surface area contributed by atoms with Crippen molar-refractivity contribution in [2.75, 3.05) is 0 Å². The molecule has 1 amide bonds. The monoisotopic (exact) mass is 436 g/mol. The molecule has 0 fully saturated rings. The van der Waals surface area contributed by atoms with Crippen molar-refractivity contribution in [1.29, 1.82) is 0 Å². The van der Waals surface area contributed by atoms with E-state index >= 15 is 0 Å². The SMILES string of the molecule is N/C(=C1/C(=O)NC(c2ccc(Br)cc2)=C1C=O)c1ccc(Cl)c(Cl)c1. The van der Waals surface area contributed by atoms with Crippen LogP contribution in [0.2, 0.25) is 10.0 Å². The molecule has 0 aliphatic carbocycles. The Morgan fingerprint density at radius 3 is 2.36 bits per heavy atom. The number of hydrogen-bond acceptors (Lipinski definition) is 3. The fraction of sp³-hybridized carbons (Fsp3) is 0. The number of nitrogens with one attached hydrogen (secondary N) is 1. The van der Waals surface area contributed by atoms with Crippen molar-refractivity contribution in [2.45, 2.75) is 0 Å². The van der Waals surface area contributed by atoms with Crippen LogP contribution in [-0.2, 0) is 9.59 Å². The van der Waals surface area contributed by atoms with Crippen molar-refractivity contribution in [1.82, 2.24) is 5.32 Å². The highest BCUT2D eigenvalue weighted by Gasteiger charge is 2.30. The van der Waals surface area contributed by atoms with Crippen LogP contribution in [0.25, 0.3) is 11.4 Å². The van der Waals surface area contributed by atoms with Gasteiger partial charge in [0, 0.05) is 4.47 Å². The van der Waals surface area contributed by atoms with Crippen LogP contribution in [0, 0.1) is 0 Å². The minimum Gasteiger partial charge on any atom is -0.398 e. The molecule has 4 nitrogen and oxygen atoms in total. The zero-order chi connectivity index (χ0) is 18.1. The van der Waals surface area contributed by atoms with Gasteiger partial charge in [-0.2, -0.15) is 0 Å². The molecule has 0 aromatic heterocycles. The van der Waals surface area contributed by atoms with E-state index < -0.39 is 5.91 Å². The first-order chi connectivity index (χ1) is 11.9. The average Bonchev–Trinajstić information content (AvgIpc) is 2.93. The lowest BCUT2D eigenvalue weighted by Gasteiger charge is -2.07. The second-order valence-corrected chi connectivity index (χ2v) is 7.02. The van der Waals surface area contributed by atoms with E-state index in [0.717, 1.165) is 4.47 Å². The summed E-state index contributed by atoms with van der Waals surface area (Å²) in [6.07, 6.45) is 0.620. The molecule has 0 unspecified atom stereocenters. The van der Waals surface area contributed by atoms with Crippen LogP contribution in [-0.4, -0.2) is 12.2 Å². The van der Waals surface area contributed by atoms with E-state index in [1.165, 1.54) is 0 Å². The highest BCUT2D eigenvalue weighted by molar-refractivity contribution is 9.10. The summed E-state index contributed by atoms with van der Waals surface area (Å²) < 4.78 is 0.889. The van der Waals surface area contributed by atoms with E-state index in [1.54, 1.807) is 30.3 Å². The Bertz CT molecular complexity index is 950. The number of rotatable bonds is 3. The van der Waals surface area contributed by atoms with E-state index in [9.17, 15) is 9.59 Å². The lowest BCUT2D eigenvalue weighted by molar-refractivity contribution is -0.116. The molecule has 0 saturated carbocycles. The Hall–Kier alpha value is -2.08. The summed E-state index contributed by atoms with van der Waals surface area (Å²) in [5, 5.41) is 3.40. The number of aldehydes is 1. The molecule has 1 aliphatic heterocycles. The van der Waals surface area contributed by atoms with Crippen molar-refractivity contribution in [3.8, 4) is 0 Å². The number of benzene rings is 2. The van der Waals surface area contributed by atoms with Gasteiger partial charge in [-0.3, -0.25) is 9.59 Å². The molecular weight excluding hydrogens is 427 g/mol. The van der Waals surface area contributed by atoms with Crippen LogP contribution in [0.5, 0.6) is 0 Å². The maximum absolute atomic E-state index is 12.4. The minimum absolute atomic E-state index is 0.117. The molecule has 3 N–H and O–H groups in total. The zero-order valence-corrected chi connectivity index (χ0v) is 15.7. The van der Waals surface area contributed by atoms with Gasteiger partial charge in [0.1, 0.15) is 0 Å². The van der Waals surface area contributed by atoms with Crippen molar-refractivity contribution < 1.29 is 9.59 Å². The van der Waals surface area contributed by atoms with Gasteiger partial charge in [0.2, 0.25) is 0 Å². The summed E-state index contributed by atoms with van der Waals surface area (Å²) >= 11 is 15.3. The van der Waals surface area contributed by atoms with Gasteiger partial charge in [-0.1, -0.05) is 57.3 Å². The van der Waals surface area contributed by atoms with Crippen molar-refractivity contribution in [2.24, 2.45) is 5.73 Å². The second kappa shape index (κ2) is 7.04. The standard InChI is InChI=1S/C18H11BrCl2N2O2/c19-11-4-1-9(2-5-11)17-12(8-24)15(18(25)23-17)16(22)10-3-6-13(20)14(21)7-10/h1-8H,22H2,(H,23,25)/b16-15+. The molecule has 25 heavy (non-hydrogen) atoms. The van der Waals surface area contributed by atoms with Gasteiger partial charge in [-0.05, 0) is 35.4 Å². The molecule has 1 aliphatic rings. The third kappa shape index (κ3) is 3.35. The Kier molecular flexibility index (Phi) is 4.99. The summed E-state index contributed by atoms with van der Waals surface area (Å²) in [5.41, 5.74) is 8.27. The number of carbonyl (C=O) groups excluding carboxylic acids is 2. The topological polar surface area (TPSA) is 72.2 Å². The smallest absolute Gasteiger partial charge is 0.258 e. The van der Waals surface area contributed by atoms with Gasteiger partial charge in [0.05, 0.1) is 32.6 Å². The van der Waals surface area contributed by atoms with E-state index in [4.69, 9.17) is 28.9 Å². The molecule has 126 valence electrons. The normalized spacial score (nSPS) is 16.0. The molecule has 0 bridgehead atoms. The fourth-order valence-corrected chi connectivity index (χ4v) is 3.09. The lowest BCUT2D eigenvalue weighted by atomic mass is 9.99. The average molecular weight is 438 g/mol. The van der Waals surface area contributed by atoms with Crippen molar-refractivity contribution >= 4 is 62.7 Å². The van der Waals surface area contributed by atoms with E-state index in [0.29, 0.717) is 33.2 Å². The molecule has 2 aromatic carbocycles.